The maximum absolute atomic E-state index is 5.57. The number of alkyl halides is 1. The van der Waals surface area contributed by atoms with Crippen molar-refractivity contribution in [2.24, 2.45) is 0 Å². The van der Waals surface area contributed by atoms with Gasteiger partial charge in [-0.05, 0) is 24.3 Å². The van der Waals surface area contributed by atoms with Crippen LogP contribution >= 0.6 is 22.9 Å². The number of halogens is 1. The second-order valence-electron chi connectivity index (χ2n) is 2.94. The highest BCUT2D eigenvalue weighted by Gasteiger charge is 2.02. The molecule has 0 radical (unpaired) electrons. The smallest absolute Gasteiger partial charge is 0.120 e. The normalized spacial score (nSPS) is 11.3. The first-order valence-electron chi connectivity index (χ1n) is 4.50. The average molecular weight is 240 g/mol. The van der Waals surface area contributed by atoms with Crippen molar-refractivity contribution in [2.75, 3.05) is 13.0 Å². The van der Waals surface area contributed by atoms with Crippen molar-refractivity contribution in [3.63, 3.8) is 0 Å². The molecule has 0 aliphatic carbocycles. The molecule has 0 spiro atoms. The summed E-state index contributed by atoms with van der Waals surface area (Å²) < 4.78 is 6.28. The minimum absolute atomic E-state index is 0.513. The van der Waals surface area contributed by atoms with E-state index in [1.54, 1.807) is 18.4 Å². The fourth-order valence-electron chi connectivity index (χ4n) is 1.27. The second-order valence-corrected chi connectivity index (χ2v) is 4.31. The lowest BCUT2D eigenvalue weighted by atomic mass is 10.3. The molecule has 2 aromatic rings. The Morgan fingerprint density at radius 2 is 2.40 bits per heavy atom. The zero-order valence-electron chi connectivity index (χ0n) is 8.24. The van der Waals surface area contributed by atoms with Crippen LogP contribution < -0.4 is 4.74 Å². The summed E-state index contributed by atoms with van der Waals surface area (Å²) in [5.74, 6) is 1.37. The Kier molecular flexibility index (Phi) is 3.23. The predicted molar refractivity (Wildman–Crippen MR) is 65.9 cm³/mol. The van der Waals surface area contributed by atoms with Gasteiger partial charge in [0.25, 0.3) is 0 Å². The van der Waals surface area contributed by atoms with Crippen molar-refractivity contribution in [1.82, 2.24) is 4.98 Å². The Balaban J connectivity index is 2.42. The first kappa shape index (κ1) is 10.5. The minimum atomic E-state index is 0.513. The van der Waals surface area contributed by atoms with Gasteiger partial charge in [0.05, 0.1) is 17.3 Å². The van der Waals surface area contributed by atoms with Gasteiger partial charge in [0.1, 0.15) is 10.8 Å². The van der Waals surface area contributed by atoms with Gasteiger partial charge in [-0.15, -0.1) is 22.9 Å². The Hall–Kier alpha value is -1.06. The van der Waals surface area contributed by atoms with Gasteiger partial charge in [0.2, 0.25) is 0 Å². The highest BCUT2D eigenvalue weighted by Crippen LogP contribution is 2.26. The summed E-state index contributed by atoms with van der Waals surface area (Å²) in [6, 6.07) is 5.87. The number of nitrogens with zero attached hydrogens (tertiary/aromatic N) is 1. The number of allylic oxidation sites excluding steroid dienone is 1. The topological polar surface area (TPSA) is 22.1 Å². The van der Waals surface area contributed by atoms with Crippen molar-refractivity contribution in [1.29, 1.82) is 0 Å². The van der Waals surface area contributed by atoms with E-state index in [0.29, 0.717) is 5.88 Å². The predicted octanol–water partition coefficient (Wildman–Crippen LogP) is 3.56. The number of aromatic nitrogens is 1. The molecule has 0 aliphatic heterocycles. The minimum Gasteiger partial charge on any atom is -0.497 e. The van der Waals surface area contributed by atoms with Crippen LogP contribution in [0.4, 0.5) is 0 Å². The van der Waals surface area contributed by atoms with E-state index in [-0.39, 0.29) is 0 Å². The van der Waals surface area contributed by atoms with E-state index >= 15 is 0 Å². The van der Waals surface area contributed by atoms with E-state index < -0.39 is 0 Å². The van der Waals surface area contributed by atoms with E-state index in [1.807, 2.05) is 30.4 Å². The number of rotatable bonds is 3. The molecule has 1 heterocycles. The number of thiazole rings is 1. The molecule has 0 amide bonds. The molecule has 4 heteroatoms. The summed E-state index contributed by atoms with van der Waals surface area (Å²) in [6.45, 7) is 0. The molecule has 0 fully saturated rings. The quantitative estimate of drug-likeness (QED) is 0.765. The van der Waals surface area contributed by atoms with Crippen molar-refractivity contribution < 1.29 is 4.74 Å². The summed E-state index contributed by atoms with van der Waals surface area (Å²) in [7, 11) is 1.66. The Morgan fingerprint density at radius 3 is 3.13 bits per heavy atom. The summed E-state index contributed by atoms with van der Waals surface area (Å²) in [5, 5.41) is 0.971. The molecule has 2 nitrogen and oxygen atoms in total. The Labute approximate surface area is 97.2 Å². The van der Waals surface area contributed by atoms with Gasteiger partial charge in [-0.25, -0.2) is 4.98 Å². The third-order valence-electron chi connectivity index (χ3n) is 1.96. The maximum Gasteiger partial charge on any atom is 0.120 e. The molecular formula is C11H10ClNOS. The number of hydrogen-bond acceptors (Lipinski definition) is 3. The molecule has 0 atom stereocenters. The van der Waals surface area contributed by atoms with Crippen LogP contribution in [0.25, 0.3) is 16.3 Å². The molecule has 0 bridgehead atoms. The third-order valence-corrected chi connectivity index (χ3v) is 3.12. The van der Waals surface area contributed by atoms with Crippen LogP contribution in [0.1, 0.15) is 5.01 Å². The molecule has 2 rings (SSSR count). The van der Waals surface area contributed by atoms with Crippen LogP contribution in [-0.2, 0) is 0 Å². The highest BCUT2D eigenvalue weighted by atomic mass is 35.5. The lowest BCUT2D eigenvalue weighted by Crippen LogP contribution is -1.80. The average Bonchev–Trinajstić information content (AvgIpc) is 2.67. The molecule has 0 aliphatic rings. The van der Waals surface area contributed by atoms with Gasteiger partial charge >= 0.3 is 0 Å². The van der Waals surface area contributed by atoms with Crippen LogP contribution in [0, 0.1) is 0 Å². The van der Waals surface area contributed by atoms with E-state index in [1.165, 1.54) is 0 Å². The number of methoxy groups -OCH3 is 1. The molecule has 1 aromatic carbocycles. The molecule has 1 aromatic heterocycles. The Morgan fingerprint density at radius 1 is 1.53 bits per heavy atom. The standard InChI is InChI=1S/C11H10ClNOS/c1-14-8-4-5-9-10(7-8)15-11(13-9)3-2-6-12/h2-5,7H,6H2,1H3. The number of hydrogen-bond donors (Lipinski definition) is 0. The monoisotopic (exact) mass is 239 g/mol. The van der Waals surface area contributed by atoms with E-state index in [4.69, 9.17) is 16.3 Å². The first-order chi connectivity index (χ1) is 7.33. The fourth-order valence-corrected chi connectivity index (χ4v) is 2.28. The summed E-state index contributed by atoms with van der Waals surface area (Å²) in [5.41, 5.74) is 0.995. The lowest BCUT2D eigenvalue weighted by molar-refractivity contribution is 0.415. The molecule has 0 saturated heterocycles. The maximum atomic E-state index is 5.57. The van der Waals surface area contributed by atoms with Crippen LogP contribution in [0.15, 0.2) is 24.3 Å². The molecule has 0 N–H and O–H groups in total. The van der Waals surface area contributed by atoms with Crippen molar-refractivity contribution in [2.45, 2.75) is 0 Å². The van der Waals surface area contributed by atoms with Crippen LogP contribution in [0.2, 0.25) is 0 Å². The zero-order valence-corrected chi connectivity index (χ0v) is 9.81. The van der Waals surface area contributed by atoms with Crippen LogP contribution in [0.3, 0.4) is 0 Å². The fraction of sp³-hybridized carbons (Fsp3) is 0.182. The third kappa shape index (κ3) is 2.30. The molecule has 78 valence electrons. The lowest BCUT2D eigenvalue weighted by Gasteiger charge is -1.96. The summed E-state index contributed by atoms with van der Waals surface area (Å²) >= 11 is 7.20. The number of benzene rings is 1. The van der Waals surface area contributed by atoms with E-state index in [0.717, 1.165) is 21.0 Å². The second kappa shape index (κ2) is 4.64. The molecule has 0 saturated carbocycles. The first-order valence-corrected chi connectivity index (χ1v) is 5.85. The van der Waals surface area contributed by atoms with E-state index in [2.05, 4.69) is 4.98 Å². The SMILES string of the molecule is COc1ccc2nc(C=CCCl)sc2c1. The highest BCUT2D eigenvalue weighted by molar-refractivity contribution is 7.19. The van der Waals surface area contributed by atoms with Gasteiger partial charge in [-0.3, -0.25) is 0 Å². The van der Waals surface area contributed by atoms with Gasteiger partial charge in [-0.2, -0.15) is 0 Å². The molecule has 0 unspecified atom stereocenters. The largest absolute Gasteiger partial charge is 0.497 e. The molecular weight excluding hydrogens is 230 g/mol. The van der Waals surface area contributed by atoms with Crippen molar-refractivity contribution in [3.05, 3.63) is 29.3 Å². The summed E-state index contributed by atoms with van der Waals surface area (Å²) in [4.78, 5) is 4.44. The van der Waals surface area contributed by atoms with Gasteiger partial charge in [0, 0.05) is 5.88 Å². The van der Waals surface area contributed by atoms with Crippen molar-refractivity contribution >= 4 is 39.2 Å². The molecule has 15 heavy (non-hydrogen) atoms. The van der Waals surface area contributed by atoms with Crippen molar-refractivity contribution in [3.8, 4) is 5.75 Å². The zero-order chi connectivity index (χ0) is 10.7. The van der Waals surface area contributed by atoms with Crippen LogP contribution in [0.5, 0.6) is 5.75 Å². The Bertz CT molecular complexity index is 492. The number of fused-ring (bicyclic) bond motifs is 1. The van der Waals surface area contributed by atoms with Crippen LogP contribution in [-0.4, -0.2) is 18.0 Å². The summed E-state index contributed by atoms with van der Waals surface area (Å²) in [6.07, 6.45) is 3.82. The van der Waals surface area contributed by atoms with E-state index in [9.17, 15) is 0 Å². The van der Waals surface area contributed by atoms with Gasteiger partial charge in [0.15, 0.2) is 0 Å². The number of ether oxygens (including phenoxy) is 1. The van der Waals surface area contributed by atoms with Gasteiger partial charge in [-0.1, -0.05) is 6.08 Å². The van der Waals surface area contributed by atoms with Gasteiger partial charge < -0.3 is 4.74 Å².